The highest BCUT2D eigenvalue weighted by molar-refractivity contribution is 5.75. The van der Waals surface area contributed by atoms with Crippen molar-refractivity contribution in [1.82, 2.24) is 10.6 Å². The van der Waals surface area contributed by atoms with E-state index in [-0.39, 0.29) is 11.8 Å². The Bertz CT molecular complexity index is 418. The van der Waals surface area contributed by atoms with Crippen LogP contribution in [0.4, 0.5) is 9.18 Å². The Labute approximate surface area is 99.4 Å². The minimum absolute atomic E-state index is 0.274. The highest BCUT2D eigenvalue weighted by atomic mass is 19.1. The molecule has 0 bridgehead atoms. The zero-order valence-electron chi connectivity index (χ0n) is 9.50. The van der Waals surface area contributed by atoms with Gasteiger partial charge >= 0.3 is 6.03 Å². The maximum atomic E-state index is 13.6. The summed E-state index contributed by atoms with van der Waals surface area (Å²) < 4.78 is 13.6. The number of rotatable bonds is 4. The van der Waals surface area contributed by atoms with Gasteiger partial charge in [-0.1, -0.05) is 18.2 Å². The van der Waals surface area contributed by atoms with Crippen molar-refractivity contribution in [3.63, 3.8) is 0 Å². The summed E-state index contributed by atoms with van der Waals surface area (Å²) in [5, 5.41) is 5.43. The largest absolute Gasteiger partial charge is 0.337 e. The first-order valence-electron chi connectivity index (χ1n) is 5.69. The molecule has 2 rings (SSSR count). The van der Waals surface area contributed by atoms with Crippen LogP contribution >= 0.6 is 0 Å². The molecule has 0 aliphatic heterocycles. The number of hydrogen-bond donors (Lipinski definition) is 3. The lowest BCUT2D eigenvalue weighted by Crippen LogP contribution is -2.44. The van der Waals surface area contributed by atoms with Gasteiger partial charge in [-0.2, -0.15) is 0 Å². The second-order valence-corrected chi connectivity index (χ2v) is 4.23. The number of carbonyl (C=O) groups is 1. The van der Waals surface area contributed by atoms with E-state index in [1.807, 2.05) is 0 Å². The normalized spacial score (nSPS) is 16.4. The Balaban J connectivity index is 2.05. The molecular formula is C12H16FN3O. The molecule has 2 amide bonds. The van der Waals surface area contributed by atoms with Crippen molar-refractivity contribution < 1.29 is 9.18 Å². The third-order valence-corrected chi connectivity index (χ3v) is 2.92. The maximum Gasteiger partial charge on any atom is 0.315 e. The first-order valence-corrected chi connectivity index (χ1v) is 5.69. The van der Waals surface area contributed by atoms with Crippen LogP contribution in [0.1, 0.15) is 18.4 Å². The van der Waals surface area contributed by atoms with Crippen LogP contribution in [0.2, 0.25) is 0 Å². The van der Waals surface area contributed by atoms with E-state index in [1.54, 1.807) is 18.2 Å². The molecule has 4 nitrogen and oxygen atoms in total. The van der Waals surface area contributed by atoms with Crippen molar-refractivity contribution in [1.29, 1.82) is 0 Å². The van der Waals surface area contributed by atoms with Crippen LogP contribution in [0.5, 0.6) is 0 Å². The monoisotopic (exact) mass is 237 g/mol. The van der Waals surface area contributed by atoms with Gasteiger partial charge in [-0.15, -0.1) is 0 Å². The fraction of sp³-hybridized carbons (Fsp3) is 0.417. The van der Waals surface area contributed by atoms with E-state index >= 15 is 0 Å². The number of carbonyl (C=O) groups excluding carboxylic acids is 1. The Hall–Kier alpha value is -1.62. The van der Waals surface area contributed by atoms with Gasteiger partial charge in [0, 0.05) is 18.7 Å². The SMILES string of the molecule is NCCNC(=O)NC1(c2ccccc2F)CC1. The smallest absolute Gasteiger partial charge is 0.315 e. The minimum atomic E-state index is -0.524. The highest BCUT2D eigenvalue weighted by Gasteiger charge is 2.47. The van der Waals surface area contributed by atoms with E-state index in [4.69, 9.17) is 5.73 Å². The Morgan fingerprint density at radius 1 is 1.41 bits per heavy atom. The van der Waals surface area contributed by atoms with Crippen molar-refractivity contribution in [3.8, 4) is 0 Å². The van der Waals surface area contributed by atoms with Crippen molar-refractivity contribution in [2.75, 3.05) is 13.1 Å². The molecule has 0 spiro atoms. The molecule has 1 aromatic rings. The summed E-state index contributed by atoms with van der Waals surface area (Å²) >= 11 is 0. The van der Waals surface area contributed by atoms with E-state index in [0.29, 0.717) is 18.7 Å². The number of nitrogens with two attached hydrogens (primary N) is 1. The molecule has 1 fully saturated rings. The summed E-state index contributed by atoms with van der Waals surface area (Å²) in [6.45, 7) is 0.805. The molecule has 17 heavy (non-hydrogen) atoms. The first-order chi connectivity index (χ1) is 8.18. The van der Waals surface area contributed by atoms with E-state index in [2.05, 4.69) is 10.6 Å². The van der Waals surface area contributed by atoms with Crippen molar-refractivity contribution >= 4 is 6.03 Å². The predicted molar refractivity (Wildman–Crippen MR) is 62.9 cm³/mol. The van der Waals surface area contributed by atoms with Crippen LogP contribution in [-0.4, -0.2) is 19.1 Å². The summed E-state index contributed by atoms with van der Waals surface area (Å²) in [7, 11) is 0. The van der Waals surface area contributed by atoms with E-state index in [9.17, 15) is 9.18 Å². The van der Waals surface area contributed by atoms with Gasteiger partial charge in [0.05, 0.1) is 5.54 Å². The molecule has 1 aliphatic rings. The molecule has 0 atom stereocenters. The fourth-order valence-corrected chi connectivity index (χ4v) is 1.88. The van der Waals surface area contributed by atoms with Crippen LogP contribution in [0.25, 0.3) is 0 Å². The number of amides is 2. The average Bonchev–Trinajstić information content (AvgIpc) is 3.07. The molecule has 0 saturated heterocycles. The number of benzene rings is 1. The summed E-state index contributed by atoms with van der Waals surface area (Å²) in [6.07, 6.45) is 1.54. The van der Waals surface area contributed by atoms with Gasteiger partial charge in [0.2, 0.25) is 0 Å². The van der Waals surface area contributed by atoms with Gasteiger partial charge in [0.1, 0.15) is 5.82 Å². The van der Waals surface area contributed by atoms with Crippen molar-refractivity contribution in [3.05, 3.63) is 35.6 Å². The standard InChI is InChI=1S/C12H16FN3O/c13-10-4-2-1-3-9(10)12(5-6-12)16-11(17)15-8-7-14/h1-4H,5-8,14H2,(H2,15,16,17). The zero-order valence-corrected chi connectivity index (χ0v) is 9.50. The van der Waals surface area contributed by atoms with Crippen LogP contribution in [0.3, 0.4) is 0 Å². The molecule has 4 N–H and O–H groups in total. The van der Waals surface area contributed by atoms with Crippen LogP contribution < -0.4 is 16.4 Å². The summed E-state index contributed by atoms with van der Waals surface area (Å²) in [5.74, 6) is -0.274. The second-order valence-electron chi connectivity index (χ2n) is 4.23. The molecule has 0 unspecified atom stereocenters. The van der Waals surface area contributed by atoms with Gasteiger partial charge in [-0.25, -0.2) is 9.18 Å². The van der Waals surface area contributed by atoms with Gasteiger partial charge in [0.25, 0.3) is 0 Å². The molecule has 0 heterocycles. The maximum absolute atomic E-state index is 13.6. The van der Waals surface area contributed by atoms with Gasteiger partial charge < -0.3 is 16.4 Å². The molecule has 1 aromatic carbocycles. The zero-order chi connectivity index (χ0) is 12.3. The van der Waals surface area contributed by atoms with Crippen molar-refractivity contribution in [2.45, 2.75) is 18.4 Å². The summed E-state index contributed by atoms with van der Waals surface area (Å²) in [4.78, 5) is 11.5. The number of nitrogens with one attached hydrogen (secondary N) is 2. The Morgan fingerprint density at radius 3 is 2.71 bits per heavy atom. The molecule has 0 radical (unpaired) electrons. The molecular weight excluding hydrogens is 221 g/mol. The second kappa shape index (κ2) is 4.71. The lowest BCUT2D eigenvalue weighted by atomic mass is 10.0. The highest BCUT2D eigenvalue weighted by Crippen LogP contribution is 2.46. The summed E-state index contributed by atoms with van der Waals surface area (Å²) in [5.41, 5.74) is 5.32. The van der Waals surface area contributed by atoms with E-state index in [0.717, 1.165) is 12.8 Å². The topological polar surface area (TPSA) is 67.1 Å². The number of urea groups is 1. The third-order valence-electron chi connectivity index (χ3n) is 2.92. The average molecular weight is 237 g/mol. The lowest BCUT2D eigenvalue weighted by Gasteiger charge is -2.18. The molecule has 0 aromatic heterocycles. The lowest BCUT2D eigenvalue weighted by molar-refractivity contribution is 0.235. The molecule has 5 heteroatoms. The van der Waals surface area contributed by atoms with E-state index < -0.39 is 5.54 Å². The predicted octanol–water partition coefficient (Wildman–Crippen LogP) is 1.07. The van der Waals surface area contributed by atoms with Gasteiger partial charge in [0.15, 0.2) is 0 Å². The molecule has 92 valence electrons. The molecule has 1 saturated carbocycles. The van der Waals surface area contributed by atoms with Gasteiger partial charge in [-0.3, -0.25) is 0 Å². The van der Waals surface area contributed by atoms with Gasteiger partial charge in [-0.05, 0) is 18.9 Å². The van der Waals surface area contributed by atoms with Crippen molar-refractivity contribution in [2.24, 2.45) is 5.73 Å². The summed E-state index contributed by atoms with van der Waals surface area (Å²) in [6, 6.07) is 6.25. The van der Waals surface area contributed by atoms with Crippen LogP contribution in [-0.2, 0) is 5.54 Å². The van der Waals surface area contributed by atoms with Crippen LogP contribution in [0.15, 0.2) is 24.3 Å². The Morgan fingerprint density at radius 2 is 2.12 bits per heavy atom. The minimum Gasteiger partial charge on any atom is -0.337 e. The molecule has 1 aliphatic carbocycles. The van der Waals surface area contributed by atoms with E-state index in [1.165, 1.54) is 6.07 Å². The third kappa shape index (κ3) is 2.55. The van der Waals surface area contributed by atoms with Crippen LogP contribution in [0, 0.1) is 5.82 Å². The Kier molecular flexibility index (Phi) is 3.28. The quantitative estimate of drug-likeness (QED) is 0.733. The first kappa shape index (κ1) is 11.9. The number of halogens is 1. The number of hydrogen-bond acceptors (Lipinski definition) is 2. The fourth-order valence-electron chi connectivity index (χ4n) is 1.88.